The number of ether oxygens (including phenoxy) is 1. The summed E-state index contributed by atoms with van der Waals surface area (Å²) in [6, 6.07) is 6.76. The number of rotatable bonds is 6. The summed E-state index contributed by atoms with van der Waals surface area (Å²) in [4.78, 5) is 2.37. The van der Waals surface area contributed by atoms with E-state index in [4.69, 9.17) is 4.74 Å². The fraction of sp³-hybridized carbons (Fsp3) is 0.500. The Labute approximate surface area is 136 Å². The predicted octanol–water partition coefficient (Wildman–Crippen LogP) is 3.05. The van der Waals surface area contributed by atoms with Gasteiger partial charge in [-0.25, -0.2) is 4.39 Å². The van der Waals surface area contributed by atoms with Crippen LogP contribution >= 0.6 is 0 Å². The van der Waals surface area contributed by atoms with E-state index >= 15 is 0 Å². The molecule has 1 aliphatic rings. The van der Waals surface area contributed by atoms with Gasteiger partial charge in [0.15, 0.2) is 0 Å². The van der Waals surface area contributed by atoms with Gasteiger partial charge in [-0.1, -0.05) is 12.1 Å². The van der Waals surface area contributed by atoms with Crippen molar-refractivity contribution in [3.05, 3.63) is 53.1 Å². The molecule has 0 spiro atoms. The summed E-state index contributed by atoms with van der Waals surface area (Å²) in [7, 11) is 1.96. The molecule has 3 rings (SSSR count). The Morgan fingerprint density at radius 1 is 1.30 bits per heavy atom. The third-order valence-electron chi connectivity index (χ3n) is 4.54. The molecule has 23 heavy (non-hydrogen) atoms. The van der Waals surface area contributed by atoms with E-state index < -0.39 is 0 Å². The molecule has 2 aromatic rings. The van der Waals surface area contributed by atoms with Crippen LogP contribution < -0.4 is 0 Å². The van der Waals surface area contributed by atoms with Gasteiger partial charge >= 0.3 is 0 Å². The lowest BCUT2D eigenvalue weighted by Gasteiger charge is -2.25. The van der Waals surface area contributed by atoms with Crippen molar-refractivity contribution in [2.24, 2.45) is 7.05 Å². The number of aromatic nitrogens is 2. The molecule has 5 heteroatoms. The van der Waals surface area contributed by atoms with Crippen molar-refractivity contribution in [2.45, 2.75) is 39.0 Å². The lowest BCUT2D eigenvalue weighted by molar-refractivity contribution is 0.0678. The summed E-state index contributed by atoms with van der Waals surface area (Å²) < 4.78 is 20.8. The molecule has 1 atom stereocenters. The third-order valence-corrected chi connectivity index (χ3v) is 4.54. The summed E-state index contributed by atoms with van der Waals surface area (Å²) in [6.07, 6.45) is 4.49. The minimum Gasteiger partial charge on any atom is -0.377 e. The zero-order chi connectivity index (χ0) is 16.2. The summed E-state index contributed by atoms with van der Waals surface area (Å²) in [5.41, 5.74) is 3.53. The van der Waals surface area contributed by atoms with Crippen LogP contribution in [0.3, 0.4) is 0 Å². The van der Waals surface area contributed by atoms with Crippen molar-refractivity contribution < 1.29 is 9.13 Å². The second-order valence-electron chi connectivity index (χ2n) is 6.31. The molecule has 2 heterocycles. The van der Waals surface area contributed by atoms with Crippen molar-refractivity contribution in [1.29, 1.82) is 0 Å². The molecule has 0 N–H and O–H groups in total. The maximum atomic E-state index is 13.1. The number of benzene rings is 1. The molecule has 124 valence electrons. The molecule has 0 amide bonds. The lowest BCUT2D eigenvalue weighted by Crippen LogP contribution is -2.31. The predicted molar refractivity (Wildman–Crippen MR) is 87.4 cm³/mol. The second kappa shape index (κ2) is 7.23. The Hall–Kier alpha value is -1.72. The van der Waals surface area contributed by atoms with Crippen molar-refractivity contribution in [3.8, 4) is 0 Å². The van der Waals surface area contributed by atoms with Gasteiger partial charge in [-0.05, 0) is 37.5 Å². The summed E-state index contributed by atoms with van der Waals surface area (Å²) >= 11 is 0. The Morgan fingerprint density at radius 2 is 2.09 bits per heavy atom. The van der Waals surface area contributed by atoms with Crippen LogP contribution in [0.1, 0.15) is 29.7 Å². The Morgan fingerprint density at radius 3 is 2.70 bits per heavy atom. The van der Waals surface area contributed by atoms with Crippen LogP contribution in [0.5, 0.6) is 0 Å². The summed E-state index contributed by atoms with van der Waals surface area (Å²) in [5, 5.41) is 4.33. The molecule has 1 aromatic carbocycles. The molecular weight excluding hydrogens is 293 g/mol. The number of halogens is 1. The van der Waals surface area contributed by atoms with Gasteiger partial charge < -0.3 is 4.74 Å². The van der Waals surface area contributed by atoms with Crippen LogP contribution in [-0.4, -0.2) is 33.9 Å². The molecule has 1 aliphatic heterocycles. The fourth-order valence-electron chi connectivity index (χ4n) is 3.05. The zero-order valence-electron chi connectivity index (χ0n) is 13.8. The van der Waals surface area contributed by atoms with Gasteiger partial charge in [0.05, 0.1) is 12.3 Å². The van der Waals surface area contributed by atoms with E-state index in [0.29, 0.717) is 6.10 Å². The van der Waals surface area contributed by atoms with E-state index in [1.54, 1.807) is 0 Å². The quantitative estimate of drug-likeness (QED) is 0.820. The molecule has 1 aromatic heterocycles. The summed E-state index contributed by atoms with van der Waals surface area (Å²) in [6.45, 7) is 5.46. The van der Waals surface area contributed by atoms with E-state index in [1.807, 2.05) is 30.1 Å². The number of nitrogens with zero attached hydrogens (tertiary/aromatic N) is 3. The average Bonchev–Trinajstić information content (AvgIpc) is 3.15. The SMILES string of the molecule is Cc1c(CN(Cc2ccc(F)cc2)C[C@@H]2CCCO2)cnn1C. The molecule has 0 radical (unpaired) electrons. The minimum atomic E-state index is -0.192. The molecule has 1 saturated heterocycles. The molecular formula is C18H24FN3O. The molecule has 0 bridgehead atoms. The maximum absolute atomic E-state index is 13.1. The van der Waals surface area contributed by atoms with Gasteiger partial charge in [-0.15, -0.1) is 0 Å². The van der Waals surface area contributed by atoms with Gasteiger partial charge in [-0.3, -0.25) is 9.58 Å². The van der Waals surface area contributed by atoms with Gasteiger partial charge in [0.25, 0.3) is 0 Å². The largest absolute Gasteiger partial charge is 0.377 e. The first-order chi connectivity index (χ1) is 11.1. The van der Waals surface area contributed by atoms with Crippen molar-refractivity contribution in [1.82, 2.24) is 14.7 Å². The van der Waals surface area contributed by atoms with Crippen LogP contribution in [0, 0.1) is 12.7 Å². The topological polar surface area (TPSA) is 30.3 Å². The highest BCUT2D eigenvalue weighted by molar-refractivity contribution is 5.18. The monoisotopic (exact) mass is 317 g/mol. The van der Waals surface area contributed by atoms with Crippen LogP contribution in [0.4, 0.5) is 4.39 Å². The average molecular weight is 317 g/mol. The maximum Gasteiger partial charge on any atom is 0.123 e. The normalized spacial score (nSPS) is 18.0. The lowest BCUT2D eigenvalue weighted by atomic mass is 10.1. The van der Waals surface area contributed by atoms with Crippen molar-refractivity contribution >= 4 is 0 Å². The minimum absolute atomic E-state index is 0.192. The van der Waals surface area contributed by atoms with E-state index in [2.05, 4.69) is 16.9 Å². The first-order valence-corrected chi connectivity index (χ1v) is 8.17. The molecule has 1 fully saturated rings. The number of aryl methyl sites for hydroxylation is 1. The molecule has 0 unspecified atom stereocenters. The van der Waals surface area contributed by atoms with Gasteiger partial charge in [0.1, 0.15) is 5.82 Å². The molecule has 4 nitrogen and oxygen atoms in total. The smallest absolute Gasteiger partial charge is 0.123 e. The van der Waals surface area contributed by atoms with Crippen LogP contribution in [0.15, 0.2) is 30.5 Å². The van der Waals surface area contributed by atoms with Crippen LogP contribution in [0.25, 0.3) is 0 Å². The Bertz CT molecular complexity index is 632. The zero-order valence-corrected chi connectivity index (χ0v) is 13.8. The Kier molecular flexibility index (Phi) is 5.08. The highest BCUT2D eigenvalue weighted by Gasteiger charge is 2.20. The van der Waals surface area contributed by atoms with Crippen molar-refractivity contribution in [3.63, 3.8) is 0 Å². The Balaban J connectivity index is 1.72. The third kappa shape index (κ3) is 4.18. The van der Waals surface area contributed by atoms with E-state index in [1.165, 1.54) is 23.4 Å². The highest BCUT2D eigenvalue weighted by Crippen LogP contribution is 2.18. The molecule has 0 aliphatic carbocycles. The van der Waals surface area contributed by atoms with E-state index in [-0.39, 0.29) is 5.82 Å². The first-order valence-electron chi connectivity index (χ1n) is 8.17. The van der Waals surface area contributed by atoms with Gasteiger partial charge in [0.2, 0.25) is 0 Å². The number of hydrogen-bond acceptors (Lipinski definition) is 3. The highest BCUT2D eigenvalue weighted by atomic mass is 19.1. The van der Waals surface area contributed by atoms with Gasteiger partial charge in [0, 0.05) is 44.5 Å². The standard InChI is InChI=1S/C18H24FN3O/c1-14-16(10-20-21(14)2)12-22(13-18-4-3-9-23-18)11-15-5-7-17(19)8-6-15/h5-8,10,18H,3-4,9,11-13H2,1-2H3/t18-/m0/s1. The van der Waals surface area contributed by atoms with E-state index in [9.17, 15) is 4.39 Å². The van der Waals surface area contributed by atoms with E-state index in [0.717, 1.165) is 44.6 Å². The van der Waals surface area contributed by atoms with Crippen molar-refractivity contribution in [2.75, 3.05) is 13.2 Å². The molecule has 0 saturated carbocycles. The first kappa shape index (κ1) is 16.1. The van der Waals surface area contributed by atoms with Gasteiger partial charge in [-0.2, -0.15) is 5.10 Å². The fourth-order valence-corrected chi connectivity index (χ4v) is 3.05. The second-order valence-corrected chi connectivity index (χ2v) is 6.31. The number of hydrogen-bond donors (Lipinski definition) is 0. The van der Waals surface area contributed by atoms with Crippen LogP contribution in [-0.2, 0) is 24.9 Å². The summed E-state index contributed by atoms with van der Waals surface area (Å²) in [5.74, 6) is -0.192. The van der Waals surface area contributed by atoms with Crippen LogP contribution in [0.2, 0.25) is 0 Å².